The van der Waals surface area contributed by atoms with Gasteiger partial charge in [0.2, 0.25) is 0 Å². The Hall–Kier alpha value is -1.48. The lowest BCUT2D eigenvalue weighted by molar-refractivity contribution is 0.628. The van der Waals surface area contributed by atoms with Gasteiger partial charge in [0.25, 0.3) is 0 Å². The molecule has 15 heavy (non-hydrogen) atoms. The van der Waals surface area contributed by atoms with E-state index in [9.17, 15) is 4.39 Å². The van der Waals surface area contributed by atoms with Gasteiger partial charge in [-0.1, -0.05) is 6.08 Å². The van der Waals surface area contributed by atoms with Crippen molar-refractivity contribution < 1.29 is 4.39 Å². The number of aromatic nitrogens is 1. The SMILES string of the molecule is C=CCc1cc(-c2ccc(F)cc2)ns1. The van der Waals surface area contributed by atoms with Gasteiger partial charge in [0.15, 0.2) is 0 Å². The van der Waals surface area contributed by atoms with Crippen LogP contribution in [0.2, 0.25) is 0 Å². The predicted octanol–water partition coefficient (Wildman–Crippen LogP) is 3.68. The first kappa shape index (κ1) is 10.1. The second-order valence-corrected chi connectivity index (χ2v) is 4.07. The van der Waals surface area contributed by atoms with Gasteiger partial charge >= 0.3 is 0 Å². The number of nitrogens with zero attached hydrogens (tertiary/aromatic N) is 1. The van der Waals surface area contributed by atoms with Gasteiger partial charge in [-0.2, -0.15) is 4.37 Å². The van der Waals surface area contributed by atoms with E-state index in [1.807, 2.05) is 12.1 Å². The van der Waals surface area contributed by atoms with Crippen molar-refractivity contribution in [3.05, 3.63) is 53.7 Å². The number of hydrogen-bond donors (Lipinski definition) is 0. The minimum atomic E-state index is -0.222. The highest BCUT2D eigenvalue weighted by Gasteiger charge is 2.03. The van der Waals surface area contributed by atoms with Crippen molar-refractivity contribution in [3.8, 4) is 11.3 Å². The third-order valence-electron chi connectivity index (χ3n) is 2.04. The van der Waals surface area contributed by atoms with Crippen LogP contribution in [0.1, 0.15) is 4.88 Å². The minimum Gasteiger partial charge on any atom is -0.207 e. The molecule has 0 amide bonds. The van der Waals surface area contributed by atoms with E-state index in [1.54, 1.807) is 12.1 Å². The van der Waals surface area contributed by atoms with Crippen LogP contribution in [0, 0.1) is 5.82 Å². The smallest absolute Gasteiger partial charge is 0.123 e. The summed E-state index contributed by atoms with van der Waals surface area (Å²) >= 11 is 1.46. The highest BCUT2D eigenvalue weighted by Crippen LogP contribution is 2.22. The maximum Gasteiger partial charge on any atom is 0.123 e. The third-order valence-corrected chi connectivity index (χ3v) is 2.85. The summed E-state index contributed by atoms with van der Waals surface area (Å²) in [5.74, 6) is -0.222. The van der Waals surface area contributed by atoms with Crippen molar-refractivity contribution in [2.24, 2.45) is 0 Å². The quantitative estimate of drug-likeness (QED) is 0.718. The Bertz CT molecular complexity index is 459. The van der Waals surface area contributed by atoms with Crippen LogP contribution >= 0.6 is 11.5 Å². The minimum absolute atomic E-state index is 0.222. The van der Waals surface area contributed by atoms with Gasteiger partial charge in [-0.3, -0.25) is 0 Å². The van der Waals surface area contributed by atoms with Crippen molar-refractivity contribution in [3.63, 3.8) is 0 Å². The number of halogens is 1. The molecule has 1 nitrogen and oxygen atoms in total. The van der Waals surface area contributed by atoms with Gasteiger partial charge in [0.05, 0.1) is 5.69 Å². The lowest BCUT2D eigenvalue weighted by Gasteiger charge is -1.94. The summed E-state index contributed by atoms with van der Waals surface area (Å²) in [5.41, 5.74) is 1.85. The number of rotatable bonds is 3. The molecule has 0 saturated carbocycles. The zero-order chi connectivity index (χ0) is 10.7. The molecule has 0 unspecified atom stereocenters. The van der Waals surface area contributed by atoms with E-state index in [2.05, 4.69) is 11.0 Å². The molecule has 0 aliphatic heterocycles. The molecule has 0 aliphatic carbocycles. The number of allylic oxidation sites excluding steroid dienone is 1. The molecular weight excluding hydrogens is 209 g/mol. The molecule has 2 aromatic rings. The fourth-order valence-corrected chi connectivity index (χ4v) is 2.04. The molecule has 76 valence electrons. The molecule has 0 spiro atoms. The van der Waals surface area contributed by atoms with Crippen LogP contribution in [0.25, 0.3) is 11.3 Å². The van der Waals surface area contributed by atoms with E-state index >= 15 is 0 Å². The molecule has 0 bridgehead atoms. The van der Waals surface area contributed by atoms with Gasteiger partial charge in [-0.15, -0.1) is 6.58 Å². The first-order valence-electron chi connectivity index (χ1n) is 4.62. The van der Waals surface area contributed by atoms with Crippen molar-refractivity contribution in [2.75, 3.05) is 0 Å². The number of hydrogen-bond acceptors (Lipinski definition) is 2. The average Bonchev–Trinajstić information content (AvgIpc) is 2.68. The monoisotopic (exact) mass is 219 g/mol. The molecule has 0 N–H and O–H groups in total. The highest BCUT2D eigenvalue weighted by atomic mass is 32.1. The van der Waals surface area contributed by atoms with Crippen LogP contribution in [-0.2, 0) is 6.42 Å². The van der Waals surface area contributed by atoms with Crippen LogP contribution < -0.4 is 0 Å². The second kappa shape index (κ2) is 4.36. The van der Waals surface area contributed by atoms with E-state index in [-0.39, 0.29) is 5.82 Å². The fourth-order valence-electron chi connectivity index (χ4n) is 1.31. The Morgan fingerprint density at radius 1 is 1.33 bits per heavy atom. The van der Waals surface area contributed by atoms with E-state index < -0.39 is 0 Å². The molecule has 1 aromatic carbocycles. The van der Waals surface area contributed by atoms with Crippen LogP contribution in [0.5, 0.6) is 0 Å². The molecule has 0 aliphatic rings. The van der Waals surface area contributed by atoms with Crippen molar-refractivity contribution in [2.45, 2.75) is 6.42 Å². The highest BCUT2D eigenvalue weighted by molar-refractivity contribution is 7.06. The number of benzene rings is 1. The standard InChI is InChI=1S/C12H10FNS/c1-2-3-11-8-12(14-15-11)9-4-6-10(13)7-5-9/h2,4-8H,1,3H2. The summed E-state index contributed by atoms with van der Waals surface area (Å²) in [6, 6.07) is 8.38. The second-order valence-electron chi connectivity index (χ2n) is 3.18. The first-order valence-corrected chi connectivity index (χ1v) is 5.39. The molecule has 1 aromatic heterocycles. The summed E-state index contributed by atoms with van der Waals surface area (Å²) in [6.45, 7) is 3.68. The van der Waals surface area contributed by atoms with Crippen LogP contribution in [0.15, 0.2) is 43.0 Å². The van der Waals surface area contributed by atoms with Crippen LogP contribution in [-0.4, -0.2) is 4.37 Å². The molecule has 2 rings (SSSR count). The van der Waals surface area contributed by atoms with Gasteiger partial charge < -0.3 is 0 Å². The molecule has 0 fully saturated rings. The molecular formula is C12H10FNS. The van der Waals surface area contributed by atoms with Crippen molar-refractivity contribution in [1.82, 2.24) is 4.37 Å². The summed E-state index contributed by atoms with van der Waals surface area (Å²) in [4.78, 5) is 1.17. The summed E-state index contributed by atoms with van der Waals surface area (Å²) in [6.07, 6.45) is 2.68. The largest absolute Gasteiger partial charge is 0.207 e. The van der Waals surface area contributed by atoms with Gasteiger partial charge in [0.1, 0.15) is 5.82 Å². The summed E-state index contributed by atoms with van der Waals surface area (Å²) in [5, 5.41) is 0. The van der Waals surface area contributed by atoms with Gasteiger partial charge in [-0.25, -0.2) is 4.39 Å². The van der Waals surface area contributed by atoms with E-state index in [0.717, 1.165) is 17.7 Å². The zero-order valence-electron chi connectivity index (χ0n) is 8.11. The maximum absolute atomic E-state index is 12.7. The Morgan fingerprint density at radius 2 is 2.07 bits per heavy atom. The van der Waals surface area contributed by atoms with Gasteiger partial charge in [-0.05, 0) is 41.9 Å². The van der Waals surface area contributed by atoms with Gasteiger partial charge in [0, 0.05) is 16.9 Å². The van der Waals surface area contributed by atoms with Crippen LogP contribution in [0.3, 0.4) is 0 Å². The molecule has 1 heterocycles. The Labute approximate surface area is 92.1 Å². The lowest BCUT2D eigenvalue weighted by Crippen LogP contribution is -1.77. The van der Waals surface area contributed by atoms with E-state index in [0.29, 0.717) is 0 Å². The average molecular weight is 219 g/mol. The molecule has 3 heteroatoms. The topological polar surface area (TPSA) is 12.9 Å². The normalized spacial score (nSPS) is 10.2. The molecule has 0 saturated heterocycles. The lowest BCUT2D eigenvalue weighted by atomic mass is 10.1. The molecule has 0 atom stereocenters. The fraction of sp³-hybridized carbons (Fsp3) is 0.0833. The summed E-state index contributed by atoms with van der Waals surface area (Å²) < 4.78 is 17.0. The van der Waals surface area contributed by atoms with Crippen molar-refractivity contribution in [1.29, 1.82) is 0 Å². The Kier molecular flexibility index (Phi) is 2.92. The van der Waals surface area contributed by atoms with Crippen molar-refractivity contribution >= 4 is 11.5 Å². The van der Waals surface area contributed by atoms with E-state index in [1.165, 1.54) is 28.5 Å². The molecule has 0 radical (unpaired) electrons. The summed E-state index contributed by atoms with van der Waals surface area (Å²) in [7, 11) is 0. The van der Waals surface area contributed by atoms with E-state index in [4.69, 9.17) is 0 Å². The maximum atomic E-state index is 12.7. The van der Waals surface area contributed by atoms with Crippen LogP contribution in [0.4, 0.5) is 4.39 Å². The predicted molar refractivity (Wildman–Crippen MR) is 61.4 cm³/mol. The zero-order valence-corrected chi connectivity index (χ0v) is 8.93. The Morgan fingerprint density at radius 3 is 2.73 bits per heavy atom. The Balaban J connectivity index is 2.28. The third kappa shape index (κ3) is 2.30. The first-order chi connectivity index (χ1) is 7.29.